The summed E-state index contributed by atoms with van der Waals surface area (Å²) in [6.45, 7) is 1.46. The van der Waals surface area contributed by atoms with Gasteiger partial charge in [-0.3, -0.25) is 0 Å². The first-order valence-corrected chi connectivity index (χ1v) is 9.46. The topological polar surface area (TPSA) is 76.8 Å². The maximum Gasteiger partial charge on any atom is 0.417 e. The molecule has 0 aliphatic carbocycles. The maximum atomic E-state index is 13.2. The Morgan fingerprint density at radius 2 is 1.93 bits per heavy atom. The molecule has 1 unspecified atom stereocenters. The van der Waals surface area contributed by atoms with E-state index in [0.29, 0.717) is 5.76 Å². The third-order valence-corrected chi connectivity index (χ3v) is 6.01. The summed E-state index contributed by atoms with van der Waals surface area (Å²) in [4.78, 5) is 10.6. The second kappa shape index (κ2) is 7.01. The Balaban J connectivity index is 1.81. The molecule has 0 saturated carbocycles. The van der Waals surface area contributed by atoms with Gasteiger partial charge in [0.2, 0.25) is 10.0 Å². The van der Waals surface area contributed by atoms with E-state index in [2.05, 4.69) is 0 Å². The van der Waals surface area contributed by atoms with Crippen LogP contribution in [0.4, 0.5) is 13.2 Å². The number of hydrogen-bond acceptors (Lipinski definition) is 5. The minimum Gasteiger partial charge on any atom is -0.489 e. The molecular formula is C17H16F3NO5S. The molecule has 2 heterocycles. The SMILES string of the molecule is Cc1cc(OC2CCN(S(=O)(=O)c3ccccc3C(F)(F)F)C2)cc(=O)o1. The molecule has 1 aromatic heterocycles. The van der Waals surface area contributed by atoms with E-state index in [1.54, 1.807) is 6.92 Å². The van der Waals surface area contributed by atoms with Crippen LogP contribution in [0.15, 0.2) is 50.5 Å². The highest BCUT2D eigenvalue weighted by Crippen LogP contribution is 2.36. The van der Waals surface area contributed by atoms with E-state index in [-0.39, 0.29) is 25.3 Å². The number of ether oxygens (including phenoxy) is 1. The van der Waals surface area contributed by atoms with Gasteiger partial charge in [-0.1, -0.05) is 12.1 Å². The standard InChI is InChI=1S/C17H16F3NO5S/c1-11-8-13(9-16(22)25-11)26-12-6-7-21(10-12)27(23,24)15-5-3-2-4-14(15)17(18,19)20/h2-5,8-9,12H,6-7,10H2,1H3. The molecule has 2 aromatic rings. The van der Waals surface area contributed by atoms with Crippen molar-refractivity contribution in [1.29, 1.82) is 0 Å². The first-order chi connectivity index (χ1) is 12.6. The molecule has 0 bridgehead atoms. The Hall–Kier alpha value is -2.33. The predicted octanol–water partition coefficient (Wildman–Crippen LogP) is 2.81. The largest absolute Gasteiger partial charge is 0.489 e. The normalized spacial score (nSPS) is 18.6. The van der Waals surface area contributed by atoms with Crippen molar-refractivity contribution in [2.75, 3.05) is 13.1 Å². The van der Waals surface area contributed by atoms with Gasteiger partial charge in [0, 0.05) is 12.6 Å². The fourth-order valence-electron chi connectivity index (χ4n) is 2.91. The number of sulfonamides is 1. The van der Waals surface area contributed by atoms with Crippen LogP contribution in [0.3, 0.4) is 0 Å². The van der Waals surface area contributed by atoms with Crippen LogP contribution in [0.25, 0.3) is 0 Å². The van der Waals surface area contributed by atoms with Crippen LogP contribution < -0.4 is 10.4 Å². The predicted molar refractivity (Wildman–Crippen MR) is 89.0 cm³/mol. The van der Waals surface area contributed by atoms with Crippen molar-refractivity contribution in [2.24, 2.45) is 0 Å². The molecule has 146 valence electrons. The van der Waals surface area contributed by atoms with E-state index in [1.807, 2.05) is 0 Å². The van der Waals surface area contributed by atoms with Gasteiger partial charge in [0.25, 0.3) is 0 Å². The van der Waals surface area contributed by atoms with Gasteiger partial charge in [0.05, 0.1) is 23.1 Å². The Morgan fingerprint density at radius 3 is 2.59 bits per heavy atom. The fourth-order valence-corrected chi connectivity index (χ4v) is 4.61. The summed E-state index contributed by atoms with van der Waals surface area (Å²) in [6, 6.07) is 6.68. The average Bonchev–Trinajstić information content (AvgIpc) is 3.02. The Morgan fingerprint density at radius 1 is 1.22 bits per heavy atom. The van der Waals surface area contributed by atoms with Crippen molar-refractivity contribution in [3.05, 3.63) is 58.1 Å². The lowest BCUT2D eigenvalue weighted by atomic mass is 10.2. The van der Waals surface area contributed by atoms with Gasteiger partial charge in [-0.25, -0.2) is 13.2 Å². The molecule has 1 aromatic carbocycles. The number of hydrogen-bond donors (Lipinski definition) is 0. The zero-order chi connectivity index (χ0) is 19.8. The van der Waals surface area contributed by atoms with Gasteiger partial charge in [0.1, 0.15) is 17.6 Å². The number of halogens is 3. The molecule has 0 radical (unpaired) electrons. The van der Waals surface area contributed by atoms with Crippen LogP contribution in [0, 0.1) is 6.92 Å². The van der Waals surface area contributed by atoms with Gasteiger partial charge in [-0.2, -0.15) is 17.5 Å². The molecule has 10 heteroatoms. The van der Waals surface area contributed by atoms with E-state index in [9.17, 15) is 26.4 Å². The van der Waals surface area contributed by atoms with Crippen LogP contribution in [-0.4, -0.2) is 31.9 Å². The second-order valence-electron chi connectivity index (χ2n) is 6.11. The minimum atomic E-state index is -4.78. The molecule has 6 nitrogen and oxygen atoms in total. The molecule has 1 atom stereocenters. The third kappa shape index (κ3) is 4.16. The molecule has 1 saturated heterocycles. The zero-order valence-corrected chi connectivity index (χ0v) is 15.0. The molecular weight excluding hydrogens is 387 g/mol. The molecule has 0 amide bonds. The first-order valence-electron chi connectivity index (χ1n) is 8.02. The Bertz CT molecular complexity index is 1000. The van der Waals surface area contributed by atoms with Crippen LogP contribution in [0.5, 0.6) is 5.75 Å². The summed E-state index contributed by atoms with van der Waals surface area (Å²) >= 11 is 0. The van der Waals surface area contributed by atoms with E-state index >= 15 is 0 Å². The Kier molecular flexibility index (Phi) is 5.04. The van der Waals surface area contributed by atoms with Gasteiger partial charge in [-0.15, -0.1) is 0 Å². The number of alkyl halides is 3. The molecule has 1 aliphatic heterocycles. The van der Waals surface area contributed by atoms with Gasteiger partial charge < -0.3 is 9.15 Å². The molecule has 1 fully saturated rings. The van der Waals surface area contributed by atoms with Gasteiger partial charge in [-0.05, 0) is 25.5 Å². The second-order valence-corrected chi connectivity index (χ2v) is 8.01. The molecule has 0 N–H and O–H groups in total. The van der Waals surface area contributed by atoms with Crippen molar-refractivity contribution < 1.29 is 30.7 Å². The lowest BCUT2D eigenvalue weighted by Crippen LogP contribution is -2.32. The van der Waals surface area contributed by atoms with Crippen LogP contribution in [0.2, 0.25) is 0 Å². The monoisotopic (exact) mass is 403 g/mol. The van der Waals surface area contributed by atoms with E-state index in [4.69, 9.17) is 9.15 Å². The minimum absolute atomic E-state index is 0.0135. The van der Waals surface area contributed by atoms with Crippen molar-refractivity contribution in [3.63, 3.8) is 0 Å². The van der Waals surface area contributed by atoms with E-state index < -0.39 is 38.4 Å². The van der Waals surface area contributed by atoms with Crippen molar-refractivity contribution in [1.82, 2.24) is 4.31 Å². The summed E-state index contributed by atoms with van der Waals surface area (Å²) in [5.74, 6) is 0.558. The van der Waals surface area contributed by atoms with Crippen molar-refractivity contribution in [2.45, 2.75) is 30.5 Å². The zero-order valence-electron chi connectivity index (χ0n) is 14.2. The number of rotatable bonds is 4. The maximum absolute atomic E-state index is 13.2. The van der Waals surface area contributed by atoms with E-state index in [1.165, 1.54) is 12.1 Å². The number of nitrogens with zero attached hydrogens (tertiary/aromatic N) is 1. The van der Waals surface area contributed by atoms with Crippen LogP contribution in [-0.2, 0) is 16.2 Å². The summed E-state index contributed by atoms with van der Waals surface area (Å²) in [7, 11) is -4.34. The van der Waals surface area contributed by atoms with Crippen LogP contribution in [0.1, 0.15) is 17.7 Å². The van der Waals surface area contributed by atoms with E-state index in [0.717, 1.165) is 28.6 Å². The average molecular weight is 403 g/mol. The van der Waals surface area contributed by atoms with Gasteiger partial charge >= 0.3 is 11.8 Å². The smallest absolute Gasteiger partial charge is 0.417 e. The molecule has 3 rings (SSSR count). The third-order valence-electron chi connectivity index (χ3n) is 4.09. The summed E-state index contributed by atoms with van der Waals surface area (Å²) in [6.07, 6.45) is -5.08. The summed E-state index contributed by atoms with van der Waals surface area (Å²) in [5, 5.41) is 0. The highest BCUT2D eigenvalue weighted by molar-refractivity contribution is 7.89. The molecule has 27 heavy (non-hydrogen) atoms. The lowest BCUT2D eigenvalue weighted by molar-refractivity contribution is -0.139. The Labute approximate surface area is 153 Å². The van der Waals surface area contributed by atoms with Crippen LogP contribution >= 0.6 is 0 Å². The lowest BCUT2D eigenvalue weighted by Gasteiger charge is -2.20. The van der Waals surface area contributed by atoms with Crippen molar-refractivity contribution >= 4 is 10.0 Å². The molecule has 1 aliphatic rings. The highest BCUT2D eigenvalue weighted by atomic mass is 32.2. The first kappa shape index (κ1) is 19.4. The summed E-state index contributed by atoms with van der Waals surface area (Å²) in [5.41, 5.74) is -1.81. The van der Waals surface area contributed by atoms with Crippen molar-refractivity contribution in [3.8, 4) is 5.75 Å². The number of aryl methyl sites for hydroxylation is 1. The fraction of sp³-hybridized carbons (Fsp3) is 0.353. The molecule has 0 spiro atoms. The van der Waals surface area contributed by atoms with Gasteiger partial charge in [0.15, 0.2) is 0 Å². The number of benzene rings is 1. The highest BCUT2D eigenvalue weighted by Gasteiger charge is 2.41. The quantitative estimate of drug-likeness (QED) is 0.785. The summed E-state index contributed by atoms with van der Waals surface area (Å²) < 4.78 is 76.3.